The van der Waals surface area contributed by atoms with Gasteiger partial charge in [0.15, 0.2) is 0 Å². The van der Waals surface area contributed by atoms with Crippen molar-refractivity contribution in [2.75, 3.05) is 0 Å². The van der Waals surface area contributed by atoms with Crippen LogP contribution in [0.1, 0.15) is 49.9 Å². The molecule has 2 radical (unpaired) electrons. The van der Waals surface area contributed by atoms with E-state index in [2.05, 4.69) is 36.0 Å². The predicted octanol–water partition coefficient (Wildman–Crippen LogP) is 3.89. The van der Waals surface area contributed by atoms with Gasteiger partial charge in [-0.3, -0.25) is 0 Å². The van der Waals surface area contributed by atoms with E-state index >= 15 is 0 Å². The van der Waals surface area contributed by atoms with Crippen molar-refractivity contribution < 1.29 is 4.43 Å². The van der Waals surface area contributed by atoms with E-state index in [1.807, 2.05) is 36.8 Å². The number of benzene rings is 1. The molecular formula is C18H23N3OSi. The Morgan fingerprint density at radius 3 is 2.87 bits per heavy atom. The smallest absolute Gasteiger partial charge is 0.227 e. The summed E-state index contributed by atoms with van der Waals surface area (Å²) < 4.78 is 8.22. The van der Waals surface area contributed by atoms with Gasteiger partial charge in [-0.05, 0) is 31.5 Å². The Bertz CT molecular complexity index is 677. The van der Waals surface area contributed by atoms with Crippen LogP contribution in [-0.2, 0) is 16.6 Å². The number of unbranched alkanes of at least 4 members (excludes halogenated alkanes) is 1. The molecule has 1 atom stereocenters. The topological polar surface area (TPSA) is 50.8 Å². The second-order valence-electron chi connectivity index (χ2n) is 5.82. The van der Waals surface area contributed by atoms with Crippen LogP contribution in [0.5, 0.6) is 0 Å². The largest absolute Gasteiger partial charge is 0.407 e. The molecular weight excluding hydrogens is 302 g/mol. The predicted molar refractivity (Wildman–Crippen MR) is 92.1 cm³/mol. The number of nitriles is 1. The molecule has 0 spiro atoms. The summed E-state index contributed by atoms with van der Waals surface area (Å²) in [5, 5.41) is 9.28. The molecule has 120 valence electrons. The van der Waals surface area contributed by atoms with Gasteiger partial charge in [0, 0.05) is 0 Å². The van der Waals surface area contributed by atoms with E-state index in [0.717, 1.165) is 30.5 Å². The Kier molecular flexibility index (Phi) is 6.14. The van der Waals surface area contributed by atoms with Gasteiger partial charge in [0.25, 0.3) is 0 Å². The Hall–Kier alpha value is -1.90. The van der Waals surface area contributed by atoms with Gasteiger partial charge in [-0.1, -0.05) is 38.0 Å². The fourth-order valence-electron chi connectivity index (χ4n) is 2.81. The molecule has 0 N–H and O–H groups in total. The quantitative estimate of drug-likeness (QED) is 0.692. The summed E-state index contributed by atoms with van der Waals surface area (Å²) in [5.74, 6) is 0. The Morgan fingerprint density at radius 2 is 2.17 bits per heavy atom. The van der Waals surface area contributed by atoms with Gasteiger partial charge in [0.1, 0.15) is 0 Å². The highest BCUT2D eigenvalue weighted by atomic mass is 28.2. The Balaban J connectivity index is 2.32. The van der Waals surface area contributed by atoms with Crippen LogP contribution in [0.25, 0.3) is 0 Å². The number of aromatic nitrogens is 2. The van der Waals surface area contributed by atoms with E-state index < -0.39 is 0 Å². The van der Waals surface area contributed by atoms with E-state index in [1.54, 1.807) is 0 Å². The van der Waals surface area contributed by atoms with Crippen LogP contribution in [0, 0.1) is 11.3 Å². The van der Waals surface area contributed by atoms with Crippen LogP contribution >= 0.6 is 0 Å². The fourth-order valence-corrected chi connectivity index (χ4v) is 3.47. The van der Waals surface area contributed by atoms with E-state index in [1.165, 1.54) is 0 Å². The van der Waals surface area contributed by atoms with Crippen LogP contribution in [0.4, 0.5) is 0 Å². The lowest BCUT2D eigenvalue weighted by Crippen LogP contribution is -2.30. The minimum absolute atomic E-state index is 0.332. The molecule has 1 unspecified atom stereocenters. The zero-order valence-electron chi connectivity index (χ0n) is 14.0. The van der Waals surface area contributed by atoms with Crippen molar-refractivity contribution in [1.29, 1.82) is 5.26 Å². The third-order valence-electron chi connectivity index (χ3n) is 4.07. The van der Waals surface area contributed by atoms with Crippen molar-refractivity contribution in [2.24, 2.45) is 0 Å². The summed E-state index contributed by atoms with van der Waals surface area (Å²) in [7, 11) is 0.427. The Morgan fingerprint density at radius 1 is 1.39 bits per heavy atom. The third-order valence-corrected chi connectivity index (χ3v) is 4.72. The summed E-state index contributed by atoms with van der Waals surface area (Å²) in [6.07, 6.45) is 6.94. The first-order valence-corrected chi connectivity index (χ1v) is 9.38. The monoisotopic (exact) mass is 325 g/mol. The first kappa shape index (κ1) is 17.5. The number of nitrogens with zero attached hydrogens (tertiary/aromatic N) is 3. The molecule has 0 bridgehead atoms. The van der Waals surface area contributed by atoms with Gasteiger partial charge in [-0.2, -0.15) is 5.26 Å². The van der Waals surface area contributed by atoms with Gasteiger partial charge in [-0.25, -0.2) is 4.98 Å². The number of rotatable bonds is 8. The van der Waals surface area contributed by atoms with Crippen LogP contribution in [0.2, 0.25) is 6.55 Å². The zero-order chi connectivity index (χ0) is 16.7. The van der Waals surface area contributed by atoms with Crippen molar-refractivity contribution in [3.63, 3.8) is 0 Å². The maximum absolute atomic E-state index is 9.28. The summed E-state index contributed by atoms with van der Waals surface area (Å²) in [5.41, 5.74) is 2.46. The first-order valence-electron chi connectivity index (χ1n) is 7.98. The second-order valence-corrected chi connectivity index (χ2v) is 6.43. The third kappa shape index (κ3) is 4.09. The molecule has 0 amide bonds. The van der Waals surface area contributed by atoms with Gasteiger partial charge in [0.05, 0.1) is 42.0 Å². The maximum atomic E-state index is 9.28. The number of hydrogen-bond acceptors (Lipinski definition) is 3. The van der Waals surface area contributed by atoms with Crippen molar-refractivity contribution >= 4 is 9.76 Å². The molecule has 4 nitrogen and oxygen atoms in total. The van der Waals surface area contributed by atoms with Gasteiger partial charge < -0.3 is 8.99 Å². The molecule has 0 aliphatic carbocycles. The molecule has 2 rings (SSSR count). The van der Waals surface area contributed by atoms with Crippen LogP contribution in [0.3, 0.4) is 0 Å². The molecule has 23 heavy (non-hydrogen) atoms. The summed E-state index contributed by atoms with van der Waals surface area (Å²) in [6.45, 7) is 7.02. The maximum Gasteiger partial charge on any atom is 0.227 e. The Labute approximate surface area is 141 Å². The SMILES string of the molecule is CCCCC(C)(O[Si]C)c1cncn1Cc1ccccc1C#N. The summed E-state index contributed by atoms with van der Waals surface area (Å²) >= 11 is 0. The van der Waals surface area contributed by atoms with Crippen molar-refractivity contribution in [3.05, 3.63) is 53.6 Å². The average molecular weight is 325 g/mol. The minimum atomic E-state index is -0.332. The molecule has 2 aromatic rings. The average Bonchev–Trinajstić information content (AvgIpc) is 3.03. The van der Waals surface area contributed by atoms with Crippen LogP contribution < -0.4 is 0 Å². The van der Waals surface area contributed by atoms with Gasteiger partial charge in [-0.15, -0.1) is 0 Å². The highest BCUT2D eigenvalue weighted by Crippen LogP contribution is 2.31. The molecule has 5 heteroatoms. The van der Waals surface area contributed by atoms with Crippen LogP contribution in [-0.4, -0.2) is 19.3 Å². The molecule has 0 saturated heterocycles. The molecule has 1 heterocycles. The molecule has 0 fully saturated rings. The van der Waals surface area contributed by atoms with Gasteiger partial charge >= 0.3 is 0 Å². The normalized spacial score (nSPS) is 13.5. The molecule has 0 saturated carbocycles. The molecule has 1 aromatic carbocycles. The summed E-state index contributed by atoms with van der Waals surface area (Å²) in [4.78, 5) is 4.33. The highest BCUT2D eigenvalue weighted by molar-refractivity contribution is 6.25. The van der Waals surface area contributed by atoms with Gasteiger partial charge in [0.2, 0.25) is 9.76 Å². The molecule has 1 aromatic heterocycles. The number of hydrogen-bond donors (Lipinski definition) is 0. The van der Waals surface area contributed by atoms with E-state index in [-0.39, 0.29) is 5.60 Å². The lowest BCUT2D eigenvalue weighted by atomic mass is 9.95. The second kappa shape index (κ2) is 8.09. The van der Waals surface area contributed by atoms with Crippen molar-refractivity contribution in [3.8, 4) is 6.07 Å². The number of imidazole rings is 1. The van der Waals surface area contributed by atoms with E-state index in [4.69, 9.17) is 4.43 Å². The molecule has 0 aliphatic heterocycles. The molecule has 0 aliphatic rings. The zero-order valence-corrected chi connectivity index (χ0v) is 15.0. The standard InChI is InChI=1S/C18H23N3OSi/c1-4-5-10-18(2,22-23-3)17-12-20-14-21(17)13-16-9-7-6-8-15(16)11-19/h6-9,12,14H,4-5,10,13H2,1-3H3. The van der Waals surface area contributed by atoms with E-state index in [0.29, 0.717) is 21.9 Å². The van der Waals surface area contributed by atoms with Crippen molar-refractivity contribution in [1.82, 2.24) is 9.55 Å². The lowest BCUT2D eigenvalue weighted by Gasteiger charge is -2.31. The first-order chi connectivity index (χ1) is 11.1. The van der Waals surface area contributed by atoms with Crippen LogP contribution in [0.15, 0.2) is 36.8 Å². The minimum Gasteiger partial charge on any atom is -0.407 e. The van der Waals surface area contributed by atoms with Crippen molar-refractivity contribution in [2.45, 2.75) is 51.8 Å². The summed E-state index contributed by atoms with van der Waals surface area (Å²) in [6, 6.07) is 9.97. The fraction of sp³-hybridized carbons (Fsp3) is 0.444. The highest BCUT2D eigenvalue weighted by Gasteiger charge is 2.29. The lowest BCUT2D eigenvalue weighted by molar-refractivity contribution is 0.0720. The van der Waals surface area contributed by atoms with E-state index in [9.17, 15) is 5.26 Å².